The summed E-state index contributed by atoms with van der Waals surface area (Å²) in [4.78, 5) is 11.3. The number of aromatic hydroxyl groups is 1. The number of carboxylic acid groups (broad SMARTS) is 1. The van der Waals surface area contributed by atoms with E-state index in [-0.39, 0.29) is 5.75 Å². The van der Waals surface area contributed by atoms with Crippen molar-refractivity contribution in [3.63, 3.8) is 0 Å². The van der Waals surface area contributed by atoms with E-state index in [0.717, 1.165) is 11.1 Å². The number of rotatable bonds is 6. The molecule has 2 rings (SSSR count). The molecule has 6 heteroatoms. The Morgan fingerprint density at radius 2 is 2.00 bits per heavy atom. The van der Waals surface area contributed by atoms with Gasteiger partial charge in [-0.2, -0.15) is 0 Å². The number of phenols is 1. The van der Waals surface area contributed by atoms with Crippen LogP contribution < -0.4 is 5.32 Å². The van der Waals surface area contributed by atoms with E-state index in [1.54, 1.807) is 24.3 Å². The van der Waals surface area contributed by atoms with Crippen LogP contribution in [0.15, 0.2) is 35.7 Å². The van der Waals surface area contributed by atoms with Gasteiger partial charge in [-0.25, -0.2) is 0 Å². The smallest absolute Gasteiger partial charge is 0.321 e. The normalized spacial score (nSPS) is 12.2. The minimum atomic E-state index is -0.913. The Balaban J connectivity index is 1.99. The van der Waals surface area contributed by atoms with Crippen molar-refractivity contribution in [2.45, 2.75) is 19.0 Å². The molecule has 0 aliphatic rings. The molecule has 0 bridgehead atoms. The van der Waals surface area contributed by atoms with Gasteiger partial charge in [-0.05, 0) is 41.1 Å². The molecule has 106 valence electrons. The molecule has 0 saturated carbocycles. The first-order valence-corrected chi connectivity index (χ1v) is 7.28. The van der Waals surface area contributed by atoms with Gasteiger partial charge in [-0.3, -0.25) is 10.1 Å². The maximum Gasteiger partial charge on any atom is 0.321 e. The number of carboxylic acids is 1. The van der Waals surface area contributed by atoms with E-state index < -0.39 is 12.0 Å². The summed E-state index contributed by atoms with van der Waals surface area (Å²) in [5, 5.41) is 23.3. The predicted molar refractivity (Wildman–Crippen MR) is 79.4 cm³/mol. The highest BCUT2D eigenvalue weighted by Gasteiger charge is 2.18. The minimum Gasteiger partial charge on any atom is -0.508 e. The second kappa shape index (κ2) is 6.74. The van der Waals surface area contributed by atoms with Crippen molar-refractivity contribution < 1.29 is 15.0 Å². The number of nitrogens with one attached hydrogen (secondary N) is 1. The average Bonchev–Trinajstić information content (AvgIpc) is 2.82. The summed E-state index contributed by atoms with van der Waals surface area (Å²) in [6.45, 7) is 0.414. The lowest BCUT2D eigenvalue weighted by Crippen LogP contribution is -2.38. The van der Waals surface area contributed by atoms with Gasteiger partial charge in [0.25, 0.3) is 0 Å². The number of phenolic OH excluding ortho intramolecular Hbond substituents is 1. The summed E-state index contributed by atoms with van der Waals surface area (Å²) >= 11 is 7.40. The van der Waals surface area contributed by atoms with E-state index in [4.69, 9.17) is 11.6 Å². The van der Waals surface area contributed by atoms with Crippen LogP contribution in [0.5, 0.6) is 5.75 Å². The van der Waals surface area contributed by atoms with Crippen molar-refractivity contribution in [1.29, 1.82) is 0 Å². The van der Waals surface area contributed by atoms with E-state index in [2.05, 4.69) is 5.32 Å². The predicted octanol–water partition coefficient (Wildman–Crippen LogP) is 2.89. The highest BCUT2D eigenvalue weighted by molar-refractivity contribution is 7.14. The third-order valence-corrected chi connectivity index (χ3v) is 4.16. The molecule has 1 aromatic heterocycles. The topological polar surface area (TPSA) is 69.6 Å². The standard InChI is InChI=1S/C14H14ClNO3S/c15-13-10(5-6-20-13)8-16-12(14(18)19)7-9-1-3-11(17)4-2-9/h1-6,12,16-17H,7-8H2,(H,18,19)/t12-/m0/s1. The van der Waals surface area contributed by atoms with Crippen molar-refractivity contribution in [3.05, 3.63) is 51.2 Å². The van der Waals surface area contributed by atoms with Gasteiger partial charge < -0.3 is 10.2 Å². The van der Waals surface area contributed by atoms with Gasteiger partial charge in [0, 0.05) is 6.54 Å². The lowest BCUT2D eigenvalue weighted by molar-refractivity contribution is -0.139. The molecule has 4 nitrogen and oxygen atoms in total. The Morgan fingerprint density at radius 1 is 1.30 bits per heavy atom. The SMILES string of the molecule is O=C(O)[C@H](Cc1ccc(O)cc1)NCc1ccsc1Cl. The number of aliphatic carboxylic acids is 1. The van der Waals surface area contributed by atoms with E-state index in [0.29, 0.717) is 17.3 Å². The van der Waals surface area contributed by atoms with Gasteiger partial charge in [0.15, 0.2) is 0 Å². The molecular formula is C14H14ClNO3S. The lowest BCUT2D eigenvalue weighted by Gasteiger charge is -2.14. The second-order valence-electron chi connectivity index (χ2n) is 4.36. The summed E-state index contributed by atoms with van der Waals surface area (Å²) in [5.74, 6) is -0.747. The zero-order chi connectivity index (χ0) is 14.5. The van der Waals surface area contributed by atoms with Gasteiger partial charge in [0.2, 0.25) is 0 Å². The van der Waals surface area contributed by atoms with Crippen molar-refractivity contribution in [2.75, 3.05) is 0 Å². The third kappa shape index (κ3) is 3.96. The minimum absolute atomic E-state index is 0.165. The zero-order valence-electron chi connectivity index (χ0n) is 10.5. The van der Waals surface area contributed by atoms with Gasteiger partial charge in [-0.15, -0.1) is 11.3 Å². The van der Waals surface area contributed by atoms with Crippen LogP contribution in [-0.2, 0) is 17.8 Å². The highest BCUT2D eigenvalue weighted by atomic mass is 35.5. The molecule has 1 heterocycles. The van der Waals surface area contributed by atoms with E-state index in [1.165, 1.54) is 11.3 Å². The van der Waals surface area contributed by atoms with Crippen molar-refractivity contribution in [2.24, 2.45) is 0 Å². The molecule has 0 spiro atoms. The van der Waals surface area contributed by atoms with Crippen LogP contribution in [0.4, 0.5) is 0 Å². The monoisotopic (exact) mass is 311 g/mol. The van der Waals surface area contributed by atoms with Crippen LogP contribution in [0.2, 0.25) is 4.34 Å². The fraction of sp³-hybridized carbons (Fsp3) is 0.214. The van der Waals surface area contributed by atoms with Crippen LogP contribution in [0, 0.1) is 0 Å². The maximum absolute atomic E-state index is 11.3. The number of benzene rings is 1. The van der Waals surface area contributed by atoms with E-state index in [9.17, 15) is 15.0 Å². The van der Waals surface area contributed by atoms with Gasteiger partial charge in [-0.1, -0.05) is 23.7 Å². The molecule has 1 atom stereocenters. The number of thiophene rings is 1. The van der Waals surface area contributed by atoms with Gasteiger partial charge in [0.05, 0.1) is 4.34 Å². The summed E-state index contributed by atoms with van der Waals surface area (Å²) < 4.78 is 0.672. The van der Waals surface area contributed by atoms with Crippen molar-refractivity contribution in [1.82, 2.24) is 5.32 Å². The molecule has 0 radical (unpaired) electrons. The number of hydrogen-bond donors (Lipinski definition) is 3. The van der Waals surface area contributed by atoms with Crippen LogP contribution in [0.25, 0.3) is 0 Å². The largest absolute Gasteiger partial charge is 0.508 e. The van der Waals surface area contributed by atoms with Gasteiger partial charge in [0.1, 0.15) is 11.8 Å². The molecule has 0 aliphatic carbocycles. The summed E-state index contributed by atoms with van der Waals surface area (Å²) in [6.07, 6.45) is 0.345. The molecule has 0 saturated heterocycles. The highest BCUT2D eigenvalue weighted by Crippen LogP contribution is 2.22. The number of carbonyl (C=O) groups is 1. The molecule has 20 heavy (non-hydrogen) atoms. The Labute approximate surface area is 125 Å². The molecule has 3 N–H and O–H groups in total. The molecule has 0 unspecified atom stereocenters. The Kier molecular flexibility index (Phi) is 5.00. The lowest BCUT2D eigenvalue weighted by atomic mass is 10.1. The number of halogens is 1. The molecule has 0 amide bonds. The molecule has 0 aliphatic heterocycles. The first-order valence-electron chi connectivity index (χ1n) is 6.02. The van der Waals surface area contributed by atoms with Crippen LogP contribution in [0.1, 0.15) is 11.1 Å². The first-order chi connectivity index (χ1) is 9.56. The van der Waals surface area contributed by atoms with Gasteiger partial charge >= 0.3 is 5.97 Å². The quantitative estimate of drug-likeness (QED) is 0.767. The Bertz CT molecular complexity index is 582. The molecule has 0 fully saturated rings. The van der Waals surface area contributed by atoms with Crippen LogP contribution >= 0.6 is 22.9 Å². The van der Waals surface area contributed by atoms with E-state index in [1.807, 2.05) is 11.4 Å². The maximum atomic E-state index is 11.3. The third-order valence-electron chi connectivity index (χ3n) is 2.91. The van der Waals surface area contributed by atoms with Crippen LogP contribution in [0.3, 0.4) is 0 Å². The Morgan fingerprint density at radius 3 is 2.55 bits per heavy atom. The van der Waals surface area contributed by atoms with Crippen LogP contribution in [-0.4, -0.2) is 22.2 Å². The summed E-state index contributed by atoms with van der Waals surface area (Å²) in [6, 6.07) is 7.69. The summed E-state index contributed by atoms with van der Waals surface area (Å²) in [7, 11) is 0. The van der Waals surface area contributed by atoms with E-state index >= 15 is 0 Å². The van der Waals surface area contributed by atoms with Crippen molar-refractivity contribution in [3.8, 4) is 5.75 Å². The molecule has 1 aromatic carbocycles. The zero-order valence-corrected chi connectivity index (χ0v) is 12.1. The fourth-order valence-electron chi connectivity index (χ4n) is 1.79. The second-order valence-corrected chi connectivity index (χ2v) is 5.88. The Hall–Kier alpha value is -1.56. The van der Waals surface area contributed by atoms with Crippen molar-refractivity contribution >= 4 is 28.9 Å². The summed E-state index contributed by atoms with van der Waals surface area (Å²) in [5.41, 5.74) is 1.74. The molecular weight excluding hydrogens is 298 g/mol. The first kappa shape index (κ1) is 14.8. The molecule has 2 aromatic rings. The fourth-order valence-corrected chi connectivity index (χ4v) is 2.72. The number of hydrogen-bond acceptors (Lipinski definition) is 4. The average molecular weight is 312 g/mol.